The molecule has 1 aliphatic rings. The van der Waals surface area contributed by atoms with E-state index in [-0.39, 0.29) is 11.6 Å². The van der Waals surface area contributed by atoms with Crippen LogP contribution in [0.25, 0.3) is 0 Å². The van der Waals surface area contributed by atoms with Crippen LogP contribution in [0.1, 0.15) is 42.1 Å². The molecule has 0 radical (unpaired) electrons. The lowest BCUT2D eigenvalue weighted by Crippen LogP contribution is -2.30. The molecule has 0 bridgehead atoms. The molecule has 2 atom stereocenters. The summed E-state index contributed by atoms with van der Waals surface area (Å²) in [4.78, 5) is 2.23. The van der Waals surface area contributed by atoms with Gasteiger partial charge in [0.2, 0.25) is 0 Å². The minimum absolute atomic E-state index is 0.121. The summed E-state index contributed by atoms with van der Waals surface area (Å²) in [7, 11) is 1.82. The van der Waals surface area contributed by atoms with Crippen LogP contribution in [0, 0.1) is 17.1 Å². The van der Waals surface area contributed by atoms with Crippen molar-refractivity contribution in [2.45, 2.75) is 38.0 Å². The van der Waals surface area contributed by atoms with Gasteiger partial charge >= 0.3 is 0 Å². The van der Waals surface area contributed by atoms with Crippen molar-refractivity contribution in [2.24, 2.45) is 7.05 Å². The van der Waals surface area contributed by atoms with E-state index in [9.17, 15) is 14.8 Å². The minimum Gasteiger partial charge on any atom is -0.388 e. The van der Waals surface area contributed by atoms with E-state index in [0.29, 0.717) is 18.5 Å². The molecule has 0 aliphatic carbocycles. The Morgan fingerprint density at radius 1 is 1.50 bits per heavy atom. The maximum Gasteiger partial charge on any atom is 0.141 e. The monoisotopic (exact) mass is 328 g/mol. The van der Waals surface area contributed by atoms with Crippen molar-refractivity contribution < 1.29 is 9.50 Å². The molecule has 1 N–H and O–H groups in total. The maximum absolute atomic E-state index is 13.8. The summed E-state index contributed by atoms with van der Waals surface area (Å²) in [5.41, 5.74) is 1.64. The third kappa shape index (κ3) is 3.48. The van der Waals surface area contributed by atoms with Gasteiger partial charge in [0, 0.05) is 31.4 Å². The second kappa shape index (κ2) is 7.12. The third-order valence-corrected chi connectivity index (χ3v) is 4.69. The Hall–Kier alpha value is -2.23. The molecule has 0 spiro atoms. The first-order valence-corrected chi connectivity index (χ1v) is 8.16. The van der Waals surface area contributed by atoms with Gasteiger partial charge in [-0.15, -0.1) is 0 Å². The fourth-order valence-corrected chi connectivity index (χ4v) is 3.42. The predicted octanol–water partition coefficient (Wildman–Crippen LogP) is 2.52. The topological polar surface area (TPSA) is 65.1 Å². The molecule has 1 aliphatic heterocycles. The Bertz CT molecular complexity index is 752. The van der Waals surface area contributed by atoms with E-state index in [2.05, 4.69) is 10.00 Å². The lowest BCUT2D eigenvalue weighted by atomic mass is 10.0. The molecule has 1 aromatic carbocycles. The van der Waals surface area contributed by atoms with Crippen molar-refractivity contribution in [3.63, 3.8) is 0 Å². The van der Waals surface area contributed by atoms with Crippen LogP contribution in [-0.4, -0.2) is 32.4 Å². The maximum atomic E-state index is 13.8. The summed E-state index contributed by atoms with van der Waals surface area (Å²) in [6.45, 7) is 1.43. The first-order valence-electron chi connectivity index (χ1n) is 8.16. The zero-order chi connectivity index (χ0) is 17.1. The van der Waals surface area contributed by atoms with E-state index in [1.165, 1.54) is 6.07 Å². The van der Waals surface area contributed by atoms with Gasteiger partial charge in [-0.3, -0.25) is 9.58 Å². The zero-order valence-corrected chi connectivity index (χ0v) is 13.7. The fraction of sp³-hybridized carbons (Fsp3) is 0.444. The smallest absolute Gasteiger partial charge is 0.141 e. The van der Waals surface area contributed by atoms with E-state index in [1.54, 1.807) is 23.0 Å². The summed E-state index contributed by atoms with van der Waals surface area (Å²) in [5, 5.41) is 23.7. The number of nitriles is 1. The summed E-state index contributed by atoms with van der Waals surface area (Å²) < 4.78 is 15.4. The summed E-state index contributed by atoms with van der Waals surface area (Å²) in [6.07, 6.45) is 5.60. The molecule has 6 heteroatoms. The van der Waals surface area contributed by atoms with Gasteiger partial charge in [-0.05, 0) is 37.4 Å². The number of aromatic nitrogens is 2. The highest BCUT2D eigenvalue weighted by atomic mass is 19.1. The van der Waals surface area contributed by atoms with Crippen molar-refractivity contribution in [1.29, 1.82) is 5.26 Å². The molecule has 0 saturated carbocycles. The lowest BCUT2D eigenvalue weighted by Gasteiger charge is -2.26. The predicted molar refractivity (Wildman–Crippen MR) is 87.3 cm³/mol. The third-order valence-electron chi connectivity index (χ3n) is 4.69. The van der Waals surface area contributed by atoms with Crippen LogP contribution >= 0.6 is 0 Å². The van der Waals surface area contributed by atoms with Gasteiger partial charge in [-0.1, -0.05) is 12.1 Å². The van der Waals surface area contributed by atoms with Crippen LogP contribution in [0.2, 0.25) is 0 Å². The molecule has 126 valence electrons. The molecule has 0 amide bonds. The minimum atomic E-state index is -0.563. The number of aryl methyl sites for hydroxylation is 1. The molecule has 1 fully saturated rings. The summed E-state index contributed by atoms with van der Waals surface area (Å²) >= 11 is 0. The van der Waals surface area contributed by atoms with E-state index in [0.717, 1.165) is 24.9 Å². The van der Waals surface area contributed by atoms with Crippen LogP contribution in [0.15, 0.2) is 30.6 Å². The fourth-order valence-electron chi connectivity index (χ4n) is 3.42. The molecule has 1 aromatic heterocycles. The highest BCUT2D eigenvalue weighted by molar-refractivity contribution is 5.38. The largest absolute Gasteiger partial charge is 0.388 e. The number of hydrogen-bond donors (Lipinski definition) is 1. The van der Waals surface area contributed by atoms with E-state index in [4.69, 9.17) is 0 Å². The highest BCUT2D eigenvalue weighted by Crippen LogP contribution is 2.29. The van der Waals surface area contributed by atoms with Crippen LogP contribution < -0.4 is 0 Å². The second-order valence-corrected chi connectivity index (χ2v) is 6.35. The molecular weight excluding hydrogens is 307 g/mol. The summed E-state index contributed by atoms with van der Waals surface area (Å²) in [6, 6.07) is 6.93. The van der Waals surface area contributed by atoms with Crippen LogP contribution in [0.4, 0.5) is 4.39 Å². The molecule has 2 heterocycles. The quantitative estimate of drug-likeness (QED) is 0.916. The van der Waals surface area contributed by atoms with E-state index >= 15 is 0 Å². The Morgan fingerprint density at radius 3 is 3.04 bits per heavy atom. The van der Waals surface area contributed by atoms with Gasteiger partial charge < -0.3 is 5.11 Å². The van der Waals surface area contributed by atoms with Crippen molar-refractivity contribution >= 4 is 0 Å². The number of hydrogen-bond acceptors (Lipinski definition) is 4. The van der Waals surface area contributed by atoms with Crippen molar-refractivity contribution in [3.05, 3.63) is 53.1 Å². The highest BCUT2D eigenvalue weighted by Gasteiger charge is 2.28. The molecule has 2 unspecified atom stereocenters. The SMILES string of the molecule is Cn1cc(C(O)CC2CCCN2Cc2cccc(F)c2C#N)cn1. The Labute approximate surface area is 140 Å². The lowest BCUT2D eigenvalue weighted by molar-refractivity contribution is 0.118. The Balaban J connectivity index is 1.70. The zero-order valence-electron chi connectivity index (χ0n) is 13.7. The van der Waals surface area contributed by atoms with Crippen molar-refractivity contribution in [1.82, 2.24) is 14.7 Å². The average molecular weight is 328 g/mol. The molecule has 2 aromatic rings. The van der Waals surface area contributed by atoms with Gasteiger partial charge in [-0.2, -0.15) is 10.4 Å². The second-order valence-electron chi connectivity index (χ2n) is 6.35. The standard InChI is InChI=1S/C18H21FN4O/c1-22-11-14(10-21-22)18(24)8-15-5-3-7-23(15)12-13-4-2-6-17(19)16(13)9-20/h2,4,6,10-11,15,18,24H,3,5,7-8,12H2,1H3. The average Bonchev–Trinajstić information content (AvgIpc) is 3.17. The van der Waals surface area contributed by atoms with E-state index < -0.39 is 11.9 Å². The normalized spacial score (nSPS) is 19.3. The number of benzene rings is 1. The molecule has 1 saturated heterocycles. The number of aliphatic hydroxyl groups excluding tert-OH is 1. The molecule has 5 nitrogen and oxygen atoms in total. The van der Waals surface area contributed by atoms with Gasteiger partial charge in [0.15, 0.2) is 0 Å². The molecule has 3 rings (SSSR count). The van der Waals surface area contributed by atoms with Crippen molar-refractivity contribution in [2.75, 3.05) is 6.54 Å². The first-order chi connectivity index (χ1) is 11.6. The van der Waals surface area contributed by atoms with Crippen LogP contribution in [0.5, 0.6) is 0 Å². The summed E-state index contributed by atoms with van der Waals surface area (Å²) in [5.74, 6) is -0.471. The Kier molecular flexibility index (Phi) is 4.93. The number of likely N-dealkylation sites (tertiary alicyclic amines) is 1. The number of halogens is 1. The first kappa shape index (κ1) is 16.6. The Morgan fingerprint density at radius 2 is 2.33 bits per heavy atom. The van der Waals surface area contributed by atoms with Crippen LogP contribution in [0.3, 0.4) is 0 Å². The van der Waals surface area contributed by atoms with E-state index in [1.807, 2.05) is 19.3 Å². The molecular formula is C18H21FN4O. The van der Waals surface area contributed by atoms with Crippen LogP contribution in [-0.2, 0) is 13.6 Å². The number of rotatable bonds is 5. The molecule has 24 heavy (non-hydrogen) atoms. The van der Waals surface area contributed by atoms with Crippen molar-refractivity contribution in [3.8, 4) is 6.07 Å². The number of nitrogens with zero attached hydrogens (tertiary/aromatic N) is 4. The number of aliphatic hydroxyl groups is 1. The van der Waals surface area contributed by atoms with Gasteiger partial charge in [0.05, 0.1) is 17.9 Å². The van der Waals surface area contributed by atoms with Gasteiger partial charge in [0.25, 0.3) is 0 Å². The van der Waals surface area contributed by atoms with Gasteiger partial charge in [0.1, 0.15) is 11.9 Å². The van der Waals surface area contributed by atoms with Gasteiger partial charge in [-0.25, -0.2) is 4.39 Å².